The quantitative estimate of drug-likeness (QED) is 0.814. The Morgan fingerprint density at radius 1 is 1.42 bits per heavy atom. The van der Waals surface area contributed by atoms with Crippen LogP contribution in [0.4, 0.5) is 0 Å². The van der Waals surface area contributed by atoms with Gasteiger partial charge in [0.15, 0.2) is 9.84 Å². The Hall–Kier alpha value is -1.40. The molecule has 0 aliphatic rings. The lowest BCUT2D eigenvalue weighted by Crippen LogP contribution is -2.37. The fourth-order valence-corrected chi connectivity index (χ4v) is 2.33. The molecule has 0 saturated heterocycles. The van der Waals surface area contributed by atoms with Crippen LogP contribution < -0.4 is 11.1 Å². The third-order valence-corrected chi connectivity index (χ3v) is 3.82. The van der Waals surface area contributed by atoms with Gasteiger partial charge in [0, 0.05) is 24.4 Å². The highest BCUT2D eigenvalue weighted by Gasteiger charge is 2.12. The number of carbonyl (C=O) groups excluding carboxylic acids is 1. The van der Waals surface area contributed by atoms with Crippen LogP contribution in [0, 0.1) is 0 Å². The van der Waals surface area contributed by atoms with Crippen LogP contribution in [-0.4, -0.2) is 33.2 Å². The highest BCUT2D eigenvalue weighted by molar-refractivity contribution is 7.90. The minimum Gasteiger partial charge on any atom is -0.350 e. The summed E-state index contributed by atoms with van der Waals surface area (Å²) in [6.07, 6.45) is 2.91. The fourth-order valence-electron chi connectivity index (χ4n) is 1.67. The summed E-state index contributed by atoms with van der Waals surface area (Å²) in [6, 6.07) is 5.89. The van der Waals surface area contributed by atoms with Crippen LogP contribution in [0.25, 0.3) is 0 Å². The summed E-state index contributed by atoms with van der Waals surface area (Å²) in [5.74, 6) is -0.308. The molecule has 1 amide bonds. The molecule has 5 nitrogen and oxygen atoms in total. The molecule has 6 heteroatoms. The Kier molecular flexibility index (Phi) is 5.50. The van der Waals surface area contributed by atoms with Crippen LogP contribution in [0.3, 0.4) is 0 Å². The van der Waals surface area contributed by atoms with E-state index >= 15 is 0 Å². The van der Waals surface area contributed by atoms with E-state index in [1.807, 2.05) is 6.92 Å². The number of nitrogens with two attached hydrogens (primary N) is 1. The summed E-state index contributed by atoms with van der Waals surface area (Å²) in [5.41, 5.74) is 6.12. The Morgan fingerprint density at radius 2 is 2.11 bits per heavy atom. The van der Waals surface area contributed by atoms with E-state index in [1.165, 1.54) is 12.1 Å². The minimum atomic E-state index is -3.30. The van der Waals surface area contributed by atoms with Crippen LogP contribution in [0.15, 0.2) is 29.2 Å². The number of rotatable bonds is 6. The zero-order valence-electron chi connectivity index (χ0n) is 11.2. The van der Waals surface area contributed by atoms with Gasteiger partial charge in [-0.3, -0.25) is 4.79 Å². The van der Waals surface area contributed by atoms with Crippen molar-refractivity contribution in [1.82, 2.24) is 5.32 Å². The monoisotopic (exact) mass is 284 g/mol. The summed E-state index contributed by atoms with van der Waals surface area (Å²) in [6.45, 7) is 2.41. The van der Waals surface area contributed by atoms with E-state index < -0.39 is 9.84 Å². The maximum absolute atomic E-state index is 11.9. The highest BCUT2D eigenvalue weighted by atomic mass is 32.2. The summed E-state index contributed by atoms with van der Waals surface area (Å²) in [7, 11) is -3.30. The summed E-state index contributed by atoms with van der Waals surface area (Å²) < 4.78 is 22.8. The van der Waals surface area contributed by atoms with E-state index in [-0.39, 0.29) is 16.8 Å². The first-order valence-corrected chi connectivity index (χ1v) is 8.07. The maximum atomic E-state index is 11.9. The molecule has 1 rings (SSSR count). The summed E-state index contributed by atoms with van der Waals surface area (Å²) in [4.78, 5) is 12.0. The van der Waals surface area contributed by atoms with Gasteiger partial charge < -0.3 is 11.1 Å². The van der Waals surface area contributed by atoms with E-state index in [1.54, 1.807) is 12.1 Å². The van der Waals surface area contributed by atoms with E-state index in [2.05, 4.69) is 5.32 Å². The lowest BCUT2D eigenvalue weighted by atomic mass is 10.1. The first kappa shape index (κ1) is 15.7. The SMILES string of the molecule is CCCC(N)CNC(=O)c1cccc(S(C)(=O)=O)c1. The number of amides is 1. The molecule has 3 N–H and O–H groups in total. The molecule has 19 heavy (non-hydrogen) atoms. The zero-order chi connectivity index (χ0) is 14.5. The Balaban J connectivity index is 2.73. The van der Waals surface area contributed by atoms with Gasteiger partial charge in [-0.1, -0.05) is 19.4 Å². The average molecular weight is 284 g/mol. The number of carbonyl (C=O) groups is 1. The lowest BCUT2D eigenvalue weighted by Gasteiger charge is -2.11. The van der Waals surface area contributed by atoms with Gasteiger partial charge in [-0.05, 0) is 24.6 Å². The molecule has 1 aromatic rings. The number of benzene rings is 1. The van der Waals surface area contributed by atoms with Crippen molar-refractivity contribution in [3.63, 3.8) is 0 Å². The standard InChI is InChI=1S/C13H20N2O3S/c1-3-5-11(14)9-15-13(16)10-6-4-7-12(8-10)19(2,17)18/h4,6-8,11H,3,5,9,14H2,1-2H3,(H,15,16). The second-order valence-corrected chi connectivity index (χ2v) is 6.57. The number of hydrogen-bond acceptors (Lipinski definition) is 4. The van der Waals surface area contributed by atoms with Gasteiger partial charge in [0.1, 0.15) is 0 Å². The van der Waals surface area contributed by atoms with Crippen LogP contribution in [0.5, 0.6) is 0 Å². The number of sulfone groups is 1. The highest BCUT2D eigenvalue weighted by Crippen LogP contribution is 2.11. The zero-order valence-corrected chi connectivity index (χ0v) is 12.0. The van der Waals surface area contributed by atoms with Gasteiger partial charge in [0.05, 0.1) is 4.90 Å². The van der Waals surface area contributed by atoms with E-state index in [0.717, 1.165) is 19.1 Å². The smallest absolute Gasteiger partial charge is 0.251 e. The first-order chi connectivity index (χ1) is 8.84. The molecular formula is C13H20N2O3S. The molecule has 0 bridgehead atoms. The molecule has 0 aliphatic carbocycles. The van der Waals surface area contributed by atoms with Gasteiger partial charge in [0.2, 0.25) is 0 Å². The molecule has 0 saturated carbocycles. The third-order valence-electron chi connectivity index (χ3n) is 2.71. The fraction of sp³-hybridized carbons (Fsp3) is 0.462. The molecular weight excluding hydrogens is 264 g/mol. The van der Waals surface area contributed by atoms with E-state index in [0.29, 0.717) is 12.1 Å². The second-order valence-electron chi connectivity index (χ2n) is 4.56. The minimum absolute atomic E-state index is 0.0768. The number of nitrogens with one attached hydrogen (secondary N) is 1. The predicted octanol–water partition coefficient (Wildman–Crippen LogP) is 0.947. The van der Waals surface area contributed by atoms with Gasteiger partial charge >= 0.3 is 0 Å². The molecule has 1 unspecified atom stereocenters. The van der Waals surface area contributed by atoms with Crippen molar-refractivity contribution in [2.24, 2.45) is 5.73 Å². The van der Waals surface area contributed by atoms with Crippen LogP contribution in [-0.2, 0) is 9.84 Å². The van der Waals surface area contributed by atoms with Gasteiger partial charge in [0.25, 0.3) is 5.91 Å². The van der Waals surface area contributed by atoms with E-state index in [9.17, 15) is 13.2 Å². The molecule has 0 aromatic heterocycles. The van der Waals surface area contributed by atoms with Gasteiger partial charge in [-0.25, -0.2) is 8.42 Å². The van der Waals surface area contributed by atoms with E-state index in [4.69, 9.17) is 5.73 Å². The van der Waals surface area contributed by atoms with Crippen molar-refractivity contribution in [2.75, 3.05) is 12.8 Å². The molecule has 1 atom stereocenters. The normalized spacial score (nSPS) is 13.0. The Morgan fingerprint density at radius 3 is 2.68 bits per heavy atom. The second kappa shape index (κ2) is 6.68. The molecule has 0 heterocycles. The summed E-state index contributed by atoms with van der Waals surface area (Å²) in [5, 5.41) is 2.70. The topological polar surface area (TPSA) is 89.3 Å². The van der Waals surface area contributed by atoms with Crippen molar-refractivity contribution >= 4 is 15.7 Å². The number of hydrogen-bond donors (Lipinski definition) is 2. The third kappa shape index (κ3) is 5.00. The molecule has 0 aliphatic heterocycles. The molecule has 0 fully saturated rings. The molecule has 0 spiro atoms. The Labute approximate surface area is 114 Å². The van der Waals surface area contributed by atoms with Crippen molar-refractivity contribution in [2.45, 2.75) is 30.7 Å². The lowest BCUT2D eigenvalue weighted by molar-refractivity contribution is 0.0950. The first-order valence-electron chi connectivity index (χ1n) is 6.18. The van der Waals surface area contributed by atoms with Crippen LogP contribution in [0.1, 0.15) is 30.1 Å². The largest absolute Gasteiger partial charge is 0.350 e. The molecule has 106 valence electrons. The molecule has 0 radical (unpaired) electrons. The predicted molar refractivity (Wildman–Crippen MR) is 74.8 cm³/mol. The van der Waals surface area contributed by atoms with Crippen molar-refractivity contribution < 1.29 is 13.2 Å². The van der Waals surface area contributed by atoms with Crippen LogP contribution in [0.2, 0.25) is 0 Å². The molecule has 1 aromatic carbocycles. The summed E-state index contributed by atoms with van der Waals surface area (Å²) >= 11 is 0. The average Bonchev–Trinajstić information content (AvgIpc) is 2.35. The van der Waals surface area contributed by atoms with Crippen molar-refractivity contribution in [1.29, 1.82) is 0 Å². The van der Waals surface area contributed by atoms with Crippen LogP contribution >= 0.6 is 0 Å². The maximum Gasteiger partial charge on any atom is 0.251 e. The van der Waals surface area contributed by atoms with Crippen molar-refractivity contribution in [3.8, 4) is 0 Å². The Bertz CT molecular complexity index is 541. The van der Waals surface area contributed by atoms with Crippen molar-refractivity contribution in [3.05, 3.63) is 29.8 Å². The van der Waals surface area contributed by atoms with Gasteiger partial charge in [-0.2, -0.15) is 0 Å². The van der Waals surface area contributed by atoms with Gasteiger partial charge in [-0.15, -0.1) is 0 Å².